The van der Waals surface area contributed by atoms with Crippen LogP contribution in [0, 0.1) is 5.82 Å². The normalized spacial score (nSPS) is 15.6. The highest BCUT2D eigenvalue weighted by Crippen LogP contribution is 2.40. The zero-order valence-corrected chi connectivity index (χ0v) is 16.0. The van der Waals surface area contributed by atoms with Gasteiger partial charge in [-0.3, -0.25) is 9.59 Å². The van der Waals surface area contributed by atoms with E-state index >= 15 is 0 Å². The van der Waals surface area contributed by atoms with Crippen LogP contribution in [0.1, 0.15) is 33.9 Å². The molecule has 0 unspecified atom stereocenters. The molecule has 1 amide bonds. The van der Waals surface area contributed by atoms with Crippen LogP contribution in [0.25, 0.3) is 0 Å². The van der Waals surface area contributed by atoms with Gasteiger partial charge in [-0.25, -0.2) is 4.39 Å². The van der Waals surface area contributed by atoms with Crippen molar-refractivity contribution in [2.24, 2.45) is 0 Å². The Bertz CT molecular complexity index is 898. The average Bonchev–Trinajstić information content (AvgIpc) is 2.72. The van der Waals surface area contributed by atoms with Gasteiger partial charge in [0, 0.05) is 6.54 Å². The largest absolute Gasteiger partial charge is 0.493 e. The van der Waals surface area contributed by atoms with Crippen LogP contribution in [0.4, 0.5) is 4.39 Å². The molecule has 148 valence electrons. The van der Waals surface area contributed by atoms with Crippen molar-refractivity contribution in [2.45, 2.75) is 18.9 Å². The van der Waals surface area contributed by atoms with E-state index in [1.807, 2.05) is 6.07 Å². The van der Waals surface area contributed by atoms with Gasteiger partial charge in [0.1, 0.15) is 5.82 Å². The number of benzene rings is 2. The second kappa shape index (κ2) is 8.29. The summed E-state index contributed by atoms with van der Waals surface area (Å²) in [4.78, 5) is 26.6. The van der Waals surface area contributed by atoms with E-state index in [0.717, 1.165) is 11.1 Å². The molecule has 1 heterocycles. The Hall–Kier alpha value is -3.09. The third-order valence-electron chi connectivity index (χ3n) is 4.96. The first-order valence-electron chi connectivity index (χ1n) is 8.87. The van der Waals surface area contributed by atoms with Crippen LogP contribution in [0.3, 0.4) is 0 Å². The Kier molecular flexibility index (Phi) is 5.82. The SMILES string of the molecule is COC(=O)C[C@H]1c2cc(OC)c(OC)cc2CCN1C(=O)c1ccccc1F. The third-order valence-corrected chi connectivity index (χ3v) is 4.96. The first-order chi connectivity index (χ1) is 13.5. The fraction of sp³-hybridized carbons (Fsp3) is 0.333. The standard InChI is InChI=1S/C21H22FNO5/c1-26-18-10-13-8-9-23(21(25)14-6-4-5-7-16(14)22)17(12-20(24)28-3)15(13)11-19(18)27-2/h4-7,10-11,17H,8-9,12H2,1-3H3/t17-/m0/s1. The first-order valence-corrected chi connectivity index (χ1v) is 8.87. The van der Waals surface area contributed by atoms with Crippen LogP contribution in [-0.4, -0.2) is 44.7 Å². The maximum absolute atomic E-state index is 14.2. The van der Waals surface area contributed by atoms with Crippen LogP contribution in [0.5, 0.6) is 11.5 Å². The summed E-state index contributed by atoms with van der Waals surface area (Å²) in [6, 6.07) is 8.85. The quantitative estimate of drug-likeness (QED) is 0.738. The van der Waals surface area contributed by atoms with Crippen molar-refractivity contribution in [3.05, 3.63) is 58.9 Å². The lowest BCUT2D eigenvalue weighted by Crippen LogP contribution is -2.41. The summed E-state index contributed by atoms with van der Waals surface area (Å²) in [5.41, 5.74) is 1.68. The molecule has 0 spiro atoms. The van der Waals surface area contributed by atoms with Gasteiger partial charge in [0.15, 0.2) is 11.5 Å². The van der Waals surface area contributed by atoms with Crippen LogP contribution >= 0.6 is 0 Å². The molecule has 2 aromatic carbocycles. The number of ether oxygens (including phenoxy) is 3. The molecular weight excluding hydrogens is 365 g/mol. The highest BCUT2D eigenvalue weighted by atomic mass is 19.1. The number of carbonyl (C=O) groups is 2. The van der Waals surface area contributed by atoms with Gasteiger partial charge in [0.2, 0.25) is 0 Å². The van der Waals surface area contributed by atoms with E-state index in [4.69, 9.17) is 14.2 Å². The maximum Gasteiger partial charge on any atom is 0.307 e. The van der Waals surface area contributed by atoms with Gasteiger partial charge in [-0.2, -0.15) is 0 Å². The predicted octanol–water partition coefficient (Wildman–Crippen LogP) is 3.15. The Morgan fingerprint density at radius 3 is 2.43 bits per heavy atom. The molecule has 28 heavy (non-hydrogen) atoms. The predicted molar refractivity (Wildman–Crippen MR) is 100 cm³/mol. The molecule has 0 aromatic heterocycles. The minimum Gasteiger partial charge on any atom is -0.493 e. The average molecular weight is 387 g/mol. The van der Waals surface area contributed by atoms with Crippen molar-refractivity contribution >= 4 is 11.9 Å². The molecule has 3 rings (SSSR count). The molecule has 0 fully saturated rings. The molecule has 1 aliphatic rings. The van der Waals surface area contributed by atoms with E-state index in [0.29, 0.717) is 24.5 Å². The molecule has 6 nitrogen and oxygen atoms in total. The first kappa shape index (κ1) is 19.7. The molecule has 7 heteroatoms. The van der Waals surface area contributed by atoms with Crippen molar-refractivity contribution in [1.29, 1.82) is 0 Å². The fourth-order valence-corrected chi connectivity index (χ4v) is 3.52. The number of hydrogen-bond donors (Lipinski definition) is 0. The highest BCUT2D eigenvalue weighted by molar-refractivity contribution is 5.95. The van der Waals surface area contributed by atoms with Gasteiger partial charge in [-0.15, -0.1) is 0 Å². The number of halogens is 1. The van der Waals surface area contributed by atoms with Crippen molar-refractivity contribution in [3.63, 3.8) is 0 Å². The monoisotopic (exact) mass is 387 g/mol. The number of rotatable bonds is 5. The maximum atomic E-state index is 14.2. The molecule has 0 bridgehead atoms. The number of amides is 1. The minimum atomic E-state index is -0.595. The molecule has 0 radical (unpaired) electrons. The van der Waals surface area contributed by atoms with E-state index in [1.54, 1.807) is 19.2 Å². The summed E-state index contributed by atoms with van der Waals surface area (Å²) < 4.78 is 29.7. The Morgan fingerprint density at radius 1 is 1.11 bits per heavy atom. The Morgan fingerprint density at radius 2 is 1.79 bits per heavy atom. The summed E-state index contributed by atoms with van der Waals surface area (Å²) in [5, 5.41) is 0. The van der Waals surface area contributed by atoms with E-state index in [1.165, 1.54) is 37.3 Å². The van der Waals surface area contributed by atoms with Crippen LogP contribution in [-0.2, 0) is 16.0 Å². The second-order valence-corrected chi connectivity index (χ2v) is 6.43. The Balaban J connectivity index is 2.06. The number of fused-ring (bicyclic) bond motifs is 1. The van der Waals surface area contributed by atoms with Crippen LogP contribution in [0.2, 0.25) is 0 Å². The second-order valence-electron chi connectivity index (χ2n) is 6.43. The zero-order chi connectivity index (χ0) is 20.3. The summed E-state index contributed by atoms with van der Waals surface area (Å²) in [7, 11) is 4.36. The van der Waals surface area contributed by atoms with Gasteiger partial charge >= 0.3 is 5.97 Å². The lowest BCUT2D eigenvalue weighted by Gasteiger charge is -2.37. The molecular formula is C21H22FNO5. The zero-order valence-electron chi connectivity index (χ0n) is 16.0. The summed E-state index contributed by atoms with van der Waals surface area (Å²) in [5.74, 6) is -0.447. The van der Waals surface area contributed by atoms with Crippen LogP contribution < -0.4 is 9.47 Å². The molecule has 1 atom stereocenters. The molecule has 0 N–H and O–H groups in total. The van der Waals surface area contributed by atoms with E-state index in [2.05, 4.69) is 0 Å². The molecule has 1 aliphatic heterocycles. The van der Waals surface area contributed by atoms with Gasteiger partial charge in [0.05, 0.1) is 39.4 Å². The number of methoxy groups -OCH3 is 3. The smallest absolute Gasteiger partial charge is 0.307 e. The van der Waals surface area contributed by atoms with Crippen molar-refractivity contribution in [2.75, 3.05) is 27.9 Å². The van der Waals surface area contributed by atoms with Gasteiger partial charge < -0.3 is 19.1 Å². The topological polar surface area (TPSA) is 65.1 Å². The molecule has 0 saturated heterocycles. The highest BCUT2D eigenvalue weighted by Gasteiger charge is 2.35. The van der Waals surface area contributed by atoms with Crippen molar-refractivity contribution in [3.8, 4) is 11.5 Å². The number of hydrogen-bond acceptors (Lipinski definition) is 5. The number of esters is 1. The fourth-order valence-electron chi connectivity index (χ4n) is 3.52. The van der Waals surface area contributed by atoms with E-state index in [-0.39, 0.29) is 12.0 Å². The lowest BCUT2D eigenvalue weighted by atomic mass is 9.89. The lowest BCUT2D eigenvalue weighted by molar-refractivity contribution is -0.141. The van der Waals surface area contributed by atoms with Gasteiger partial charge in [-0.1, -0.05) is 12.1 Å². The van der Waals surface area contributed by atoms with E-state index < -0.39 is 23.7 Å². The van der Waals surface area contributed by atoms with Crippen molar-refractivity contribution in [1.82, 2.24) is 4.90 Å². The van der Waals surface area contributed by atoms with Crippen molar-refractivity contribution < 1.29 is 28.2 Å². The molecule has 0 saturated carbocycles. The van der Waals surface area contributed by atoms with Crippen LogP contribution in [0.15, 0.2) is 36.4 Å². The number of nitrogens with zero attached hydrogens (tertiary/aromatic N) is 1. The third kappa shape index (κ3) is 3.65. The molecule has 2 aromatic rings. The van der Waals surface area contributed by atoms with Gasteiger partial charge in [0.25, 0.3) is 5.91 Å². The Labute approximate surface area is 162 Å². The minimum absolute atomic E-state index is 0.0266. The summed E-state index contributed by atoms with van der Waals surface area (Å²) in [6.07, 6.45) is 0.507. The van der Waals surface area contributed by atoms with Gasteiger partial charge in [-0.05, 0) is 41.8 Å². The number of carbonyl (C=O) groups excluding carboxylic acids is 2. The van der Waals surface area contributed by atoms with E-state index in [9.17, 15) is 14.0 Å². The summed E-state index contributed by atoms with van der Waals surface area (Å²) >= 11 is 0. The molecule has 0 aliphatic carbocycles. The summed E-state index contributed by atoms with van der Waals surface area (Å²) in [6.45, 7) is 0.345.